The number of ether oxygens (including phenoxy) is 1. The van der Waals surface area contributed by atoms with Gasteiger partial charge in [0.1, 0.15) is 6.04 Å². The Labute approximate surface area is 88.9 Å². The maximum absolute atomic E-state index is 11.4. The van der Waals surface area contributed by atoms with E-state index in [0.717, 1.165) is 0 Å². The molecule has 0 aromatic carbocycles. The van der Waals surface area contributed by atoms with E-state index in [9.17, 15) is 4.79 Å². The Balaban J connectivity index is 4.10. The lowest BCUT2D eigenvalue weighted by Crippen LogP contribution is -2.40. The Bertz CT molecular complexity index is 271. The number of nitrogens with zero attached hydrogens (tertiary/aromatic N) is 3. The van der Waals surface area contributed by atoms with E-state index < -0.39 is 6.04 Å². The smallest absolute Gasteiger partial charge is 0.327 e. The predicted octanol–water partition coefficient (Wildman–Crippen LogP) is 1.39. The van der Waals surface area contributed by atoms with Gasteiger partial charge < -0.3 is 10.1 Å². The van der Waals surface area contributed by atoms with Gasteiger partial charge >= 0.3 is 5.97 Å². The van der Waals surface area contributed by atoms with Gasteiger partial charge in [0.05, 0.1) is 6.61 Å². The minimum atomic E-state index is -0.529. The molecule has 0 bridgehead atoms. The van der Waals surface area contributed by atoms with Gasteiger partial charge in [-0.25, -0.2) is 4.79 Å². The molecule has 84 valence electrons. The monoisotopic (exact) mass is 212 g/mol. The number of rotatable bonds is 7. The Hall–Kier alpha value is -1.52. The van der Waals surface area contributed by atoms with E-state index in [2.05, 4.69) is 21.9 Å². The van der Waals surface area contributed by atoms with E-state index in [4.69, 9.17) is 10.3 Å². The molecular formula is C9H16N4O2. The van der Waals surface area contributed by atoms with Crippen molar-refractivity contribution in [1.29, 1.82) is 0 Å². The Morgan fingerprint density at radius 2 is 2.40 bits per heavy atom. The fourth-order valence-electron chi connectivity index (χ4n) is 0.988. The molecule has 0 amide bonds. The molecule has 0 aliphatic heterocycles. The maximum atomic E-state index is 11.4. The molecule has 0 fully saturated rings. The van der Waals surface area contributed by atoms with Crippen molar-refractivity contribution in [2.45, 2.75) is 19.9 Å². The fourth-order valence-corrected chi connectivity index (χ4v) is 0.988. The van der Waals surface area contributed by atoms with Crippen molar-refractivity contribution in [3.63, 3.8) is 0 Å². The zero-order valence-corrected chi connectivity index (χ0v) is 9.06. The molecule has 0 aromatic heterocycles. The summed E-state index contributed by atoms with van der Waals surface area (Å²) >= 11 is 0. The van der Waals surface area contributed by atoms with Crippen LogP contribution >= 0.6 is 0 Å². The summed E-state index contributed by atoms with van der Waals surface area (Å²) in [5.74, 6) is -0.356. The van der Waals surface area contributed by atoms with E-state index in [1.165, 1.54) is 0 Å². The van der Waals surface area contributed by atoms with Crippen LogP contribution in [0.3, 0.4) is 0 Å². The number of carbonyl (C=O) groups is 1. The fraction of sp³-hybridized carbons (Fsp3) is 0.667. The van der Waals surface area contributed by atoms with E-state index in [1.807, 2.05) is 0 Å². The molecule has 1 atom stereocenters. The lowest BCUT2D eigenvalue weighted by Gasteiger charge is -2.16. The topological polar surface area (TPSA) is 87.1 Å². The first-order chi connectivity index (χ1) is 7.13. The van der Waals surface area contributed by atoms with Gasteiger partial charge in [-0.1, -0.05) is 17.3 Å². The predicted molar refractivity (Wildman–Crippen MR) is 57.3 cm³/mol. The molecular weight excluding hydrogens is 196 g/mol. The van der Waals surface area contributed by atoms with Crippen molar-refractivity contribution in [1.82, 2.24) is 5.32 Å². The van der Waals surface area contributed by atoms with Gasteiger partial charge in [0.2, 0.25) is 0 Å². The third-order valence-electron chi connectivity index (χ3n) is 1.64. The molecule has 0 spiro atoms. The molecule has 0 aromatic rings. The molecule has 1 unspecified atom stereocenters. The summed E-state index contributed by atoms with van der Waals surface area (Å²) in [7, 11) is 0. The number of hydrogen-bond acceptors (Lipinski definition) is 4. The Kier molecular flexibility index (Phi) is 7.05. The first-order valence-corrected chi connectivity index (χ1v) is 4.69. The quantitative estimate of drug-likeness (QED) is 0.173. The van der Waals surface area contributed by atoms with Crippen LogP contribution in [0.4, 0.5) is 0 Å². The molecule has 6 heteroatoms. The highest BCUT2D eigenvalue weighted by atomic mass is 16.5. The summed E-state index contributed by atoms with van der Waals surface area (Å²) in [5, 5.41) is 6.24. The van der Waals surface area contributed by atoms with Gasteiger partial charge in [-0.2, -0.15) is 0 Å². The molecule has 0 saturated carbocycles. The SMILES string of the molecule is C=C(C)C(NCCN=[N+]=[N-])C(=O)OCC. The van der Waals surface area contributed by atoms with Crippen LogP contribution in [0.2, 0.25) is 0 Å². The summed E-state index contributed by atoms with van der Waals surface area (Å²) in [6.45, 7) is 8.21. The van der Waals surface area contributed by atoms with Gasteiger partial charge in [-0.05, 0) is 19.4 Å². The zero-order chi connectivity index (χ0) is 11.7. The first-order valence-electron chi connectivity index (χ1n) is 4.69. The molecule has 0 saturated heterocycles. The van der Waals surface area contributed by atoms with E-state index in [0.29, 0.717) is 25.3 Å². The Morgan fingerprint density at radius 1 is 1.73 bits per heavy atom. The number of hydrogen-bond donors (Lipinski definition) is 1. The molecule has 6 nitrogen and oxygen atoms in total. The molecule has 0 aliphatic carbocycles. The largest absolute Gasteiger partial charge is 0.465 e. The molecule has 15 heavy (non-hydrogen) atoms. The van der Waals surface area contributed by atoms with Crippen molar-refractivity contribution >= 4 is 5.97 Å². The average Bonchev–Trinajstić information content (AvgIpc) is 2.17. The average molecular weight is 212 g/mol. The van der Waals surface area contributed by atoms with Crippen molar-refractivity contribution < 1.29 is 9.53 Å². The van der Waals surface area contributed by atoms with Gasteiger partial charge in [0.15, 0.2) is 0 Å². The van der Waals surface area contributed by atoms with Crippen LogP contribution in [0.25, 0.3) is 10.4 Å². The second kappa shape index (κ2) is 7.84. The van der Waals surface area contributed by atoms with Crippen molar-refractivity contribution in [3.8, 4) is 0 Å². The number of nitrogens with one attached hydrogen (secondary N) is 1. The van der Waals surface area contributed by atoms with E-state index in [-0.39, 0.29) is 5.97 Å². The van der Waals surface area contributed by atoms with Crippen LogP contribution in [0, 0.1) is 0 Å². The van der Waals surface area contributed by atoms with Gasteiger partial charge in [0, 0.05) is 18.0 Å². The van der Waals surface area contributed by atoms with Crippen molar-refractivity contribution in [2.75, 3.05) is 19.7 Å². The second-order valence-electron chi connectivity index (χ2n) is 2.94. The highest BCUT2D eigenvalue weighted by Gasteiger charge is 2.18. The zero-order valence-electron chi connectivity index (χ0n) is 9.06. The minimum absolute atomic E-state index is 0.291. The van der Waals surface area contributed by atoms with Crippen LogP contribution in [0.1, 0.15) is 13.8 Å². The Morgan fingerprint density at radius 3 is 2.87 bits per heavy atom. The molecule has 0 aliphatic rings. The number of esters is 1. The highest BCUT2D eigenvalue weighted by molar-refractivity contribution is 5.79. The number of carbonyl (C=O) groups excluding carboxylic acids is 1. The summed E-state index contributed by atoms with van der Waals surface area (Å²) in [4.78, 5) is 14.0. The van der Waals surface area contributed by atoms with Crippen LogP contribution in [-0.2, 0) is 9.53 Å². The lowest BCUT2D eigenvalue weighted by molar-refractivity contribution is -0.144. The molecule has 0 rings (SSSR count). The first kappa shape index (κ1) is 13.5. The lowest BCUT2D eigenvalue weighted by atomic mass is 10.1. The summed E-state index contributed by atoms with van der Waals surface area (Å²) in [6, 6.07) is -0.529. The highest BCUT2D eigenvalue weighted by Crippen LogP contribution is 2.00. The second-order valence-corrected chi connectivity index (χ2v) is 2.94. The standard InChI is InChI=1S/C9H16N4O2/c1-4-15-9(14)8(7(2)3)11-5-6-12-13-10/h8,11H,2,4-6H2,1,3H3. The third kappa shape index (κ3) is 5.72. The normalized spacial score (nSPS) is 11.3. The van der Waals surface area contributed by atoms with Gasteiger partial charge in [-0.3, -0.25) is 0 Å². The summed E-state index contributed by atoms with van der Waals surface area (Å²) in [6.07, 6.45) is 0. The van der Waals surface area contributed by atoms with Crippen LogP contribution in [0.15, 0.2) is 17.3 Å². The van der Waals surface area contributed by atoms with Crippen LogP contribution in [-0.4, -0.2) is 31.7 Å². The van der Waals surface area contributed by atoms with Crippen LogP contribution < -0.4 is 5.32 Å². The van der Waals surface area contributed by atoms with Crippen molar-refractivity contribution in [3.05, 3.63) is 22.6 Å². The maximum Gasteiger partial charge on any atom is 0.327 e. The van der Waals surface area contributed by atoms with E-state index >= 15 is 0 Å². The van der Waals surface area contributed by atoms with Gasteiger partial charge in [0.25, 0.3) is 0 Å². The van der Waals surface area contributed by atoms with E-state index in [1.54, 1.807) is 13.8 Å². The minimum Gasteiger partial charge on any atom is -0.465 e. The summed E-state index contributed by atoms with van der Waals surface area (Å²) in [5.41, 5.74) is 8.73. The van der Waals surface area contributed by atoms with Crippen molar-refractivity contribution in [2.24, 2.45) is 5.11 Å². The molecule has 0 heterocycles. The third-order valence-corrected chi connectivity index (χ3v) is 1.64. The summed E-state index contributed by atoms with van der Waals surface area (Å²) < 4.78 is 4.86. The van der Waals surface area contributed by atoms with Crippen LogP contribution in [0.5, 0.6) is 0 Å². The number of azide groups is 1. The van der Waals surface area contributed by atoms with Gasteiger partial charge in [-0.15, -0.1) is 0 Å². The molecule has 0 radical (unpaired) electrons. The molecule has 1 N–H and O–H groups in total.